The van der Waals surface area contributed by atoms with Crippen LogP contribution in [-0.4, -0.2) is 21.6 Å². The number of rotatable bonds is 5. The van der Waals surface area contributed by atoms with Gasteiger partial charge in [0.05, 0.1) is 28.4 Å². The van der Waals surface area contributed by atoms with E-state index in [1.807, 2.05) is 11.5 Å². The number of alkyl halides is 3. The molecule has 0 N–H and O–H groups in total. The van der Waals surface area contributed by atoms with E-state index in [0.717, 1.165) is 41.3 Å². The molecule has 9 heteroatoms. The number of unbranched alkanes of at least 4 members (excludes halogenated alkanes) is 1. The Morgan fingerprint density at radius 1 is 1.29 bits per heavy atom. The molecular formula is C19H17F4N3OS. The van der Waals surface area contributed by atoms with E-state index in [0.29, 0.717) is 11.3 Å². The van der Waals surface area contributed by atoms with E-state index in [2.05, 4.69) is 9.98 Å². The number of benzene rings is 1. The van der Waals surface area contributed by atoms with Gasteiger partial charge in [0.15, 0.2) is 4.80 Å². The number of thiazole rings is 1. The topological polar surface area (TPSA) is 47.2 Å². The molecular weight excluding hydrogens is 394 g/mol. The van der Waals surface area contributed by atoms with Crippen molar-refractivity contribution >= 4 is 27.5 Å². The minimum absolute atomic E-state index is 0.188. The number of amides is 1. The van der Waals surface area contributed by atoms with Gasteiger partial charge in [0.25, 0.3) is 5.91 Å². The third kappa shape index (κ3) is 4.64. The van der Waals surface area contributed by atoms with E-state index >= 15 is 0 Å². The van der Waals surface area contributed by atoms with Crippen molar-refractivity contribution in [3.8, 4) is 0 Å². The monoisotopic (exact) mass is 411 g/mol. The molecule has 0 aliphatic heterocycles. The third-order valence-corrected chi connectivity index (χ3v) is 5.14. The van der Waals surface area contributed by atoms with Gasteiger partial charge in [0, 0.05) is 12.7 Å². The molecule has 2 heterocycles. The molecule has 0 spiro atoms. The molecule has 4 nitrogen and oxygen atoms in total. The van der Waals surface area contributed by atoms with Crippen LogP contribution in [0.1, 0.15) is 35.7 Å². The lowest BCUT2D eigenvalue weighted by atomic mass is 10.1. The molecule has 1 amide bonds. The maximum Gasteiger partial charge on any atom is 0.393 e. The third-order valence-electron chi connectivity index (χ3n) is 4.08. The summed E-state index contributed by atoms with van der Waals surface area (Å²) < 4.78 is 54.6. The van der Waals surface area contributed by atoms with Crippen LogP contribution in [-0.2, 0) is 13.0 Å². The molecule has 0 aliphatic rings. The fourth-order valence-corrected chi connectivity index (χ4v) is 3.78. The number of nitrogens with zero attached hydrogens (tertiary/aromatic N) is 3. The van der Waals surface area contributed by atoms with E-state index in [-0.39, 0.29) is 5.56 Å². The Bertz CT molecular complexity index is 1070. The molecule has 28 heavy (non-hydrogen) atoms. The van der Waals surface area contributed by atoms with Crippen LogP contribution in [0.2, 0.25) is 0 Å². The first kappa shape index (κ1) is 20.2. The fourth-order valence-electron chi connectivity index (χ4n) is 2.76. The van der Waals surface area contributed by atoms with Gasteiger partial charge in [-0.1, -0.05) is 30.7 Å². The van der Waals surface area contributed by atoms with Crippen molar-refractivity contribution < 1.29 is 22.4 Å². The van der Waals surface area contributed by atoms with E-state index in [1.54, 1.807) is 18.5 Å². The molecule has 2 aromatic heterocycles. The van der Waals surface area contributed by atoms with Crippen molar-refractivity contribution in [3.05, 3.63) is 58.4 Å². The zero-order valence-corrected chi connectivity index (χ0v) is 15.8. The predicted octanol–water partition coefficient (Wildman–Crippen LogP) is 4.88. The first-order valence-electron chi connectivity index (χ1n) is 8.66. The molecule has 0 unspecified atom stereocenters. The maximum atomic E-state index is 14.1. The minimum atomic E-state index is -4.45. The molecule has 0 radical (unpaired) electrons. The number of halogens is 4. The second-order valence-corrected chi connectivity index (χ2v) is 7.27. The van der Waals surface area contributed by atoms with E-state index < -0.39 is 29.9 Å². The molecule has 0 aliphatic carbocycles. The standard InChI is InChI=1S/C19H17F4N3OS/c1-2-3-8-26-15-11-24-7-6-16(15)28-18(26)25-17(27)13-9-12(4-5-14(13)20)10-19(21,22)23/h4-7,9,11H,2-3,8,10H2,1H3/b25-18-. The van der Waals surface area contributed by atoms with Gasteiger partial charge in [-0.25, -0.2) is 4.39 Å². The average molecular weight is 411 g/mol. The number of carbonyl (C=O) groups is 1. The maximum absolute atomic E-state index is 14.1. The number of pyridine rings is 1. The Morgan fingerprint density at radius 3 is 2.79 bits per heavy atom. The molecule has 0 fully saturated rings. The van der Waals surface area contributed by atoms with Crippen molar-refractivity contribution in [2.45, 2.75) is 38.9 Å². The Hall–Kier alpha value is -2.55. The van der Waals surface area contributed by atoms with Crippen LogP contribution in [0.3, 0.4) is 0 Å². The quantitative estimate of drug-likeness (QED) is 0.562. The highest BCUT2D eigenvalue weighted by molar-refractivity contribution is 7.16. The summed E-state index contributed by atoms with van der Waals surface area (Å²) in [5.74, 6) is -1.81. The lowest BCUT2D eigenvalue weighted by molar-refractivity contribution is -0.127. The van der Waals surface area contributed by atoms with Crippen LogP contribution in [0.4, 0.5) is 17.6 Å². The van der Waals surface area contributed by atoms with Gasteiger partial charge >= 0.3 is 6.18 Å². The Labute approximate surface area is 162 Å². The SMILES string of the molecule is CCCCn1/c(=N/C(=O)c2cc(CC(F)(F)F)ccc2F)sc2ccncc21. The number of aromatic nitrogens is 2. The van der Waals surface area contributed by atoms with E-state index in [4.69, 9.17) is 0 Å². The van der Waals surface area contributed by atoms with Gasteiger partial charge in [-0.2, -0.15) is 18.2 Å². The van der Waals surface area contributed by atoms with Crippen LogP contribution in [0.25, 0.3) is 10.2 Å². The minimum Gasteiger partial charge on any atom is -0.315 e. The molecule has 3 aromatic rings. The highest BCUT2D eigenvalue weighted by Gasteiger charge is 2.28. The molecule has 148 valence electrons. The van der Waals surface area contributed by atoms with Crippen LogP contribution in [0.5, 0.6) is 0 Å². The van der Waals surface area contributed by atoms with Crippen molar-refractivity contribution in [1.29, 1.82) is 0 Å². The van der Waals surface area contributed by atoms with Crippen molar-refractivity contribution in [1.82, 2.24) is 9.55 Å². The number of carbonyl (C=O) groups excluding carboxylic acids is 1. The Kier molecular flexibility index (Phi) is 5.93. The smallest absolute Gasteiger partial charge is 0.315 e. The molecule has 0 atom stereocenters. The van der Waals surface area contributed by atoms with E-state index in [9.17, 15) is 22.4 Å². The summed E-state index contributed by atoms with van der Waals surface area (Å²) in [5.41, 5.74) is 0.144. The van der Waals surface area contributed by atoms with Gasteiger partial charge in [0.1, 0.15) is 5.82 Å². The Balaban J connectivity index is 2.04. The van der Waals surface area contributed by atoms with Gasteiger partial charge in [-0.05, 0) is 30.2 Å². The Morgan fingerprint density at radius 2 is 2.07 bits per heavy atom. The molecule has 0 saturated carbocycles. The van der Waals surface area contributed by atoms with Crippen molar-refractivity contribution in [2.24, 2.45) is 4.99 Å². The fraction of sp³-hybridized carbons (Fsp3) is 0.316. The summed E-state index contributed by atoms with van der Waals surface area (Å²) in [6.45, 7) is 2.63. The highest BCUT2D eigenvalue weighted by Crippen LogP contribution is 2.23. The van der Waals surface area contributed by atoms with Crippen LogP contribution < -0.4 is 4.80 Å². The van der Waals surface area contributed by atoms with Crippen molar-refractivity contribution in [3.63, 3.8) is 0 Å². The summed E-state index contributed by atoms with van der Waals surface area (Å²) in [6, 6.07) is 4.59. The number of fused-ring (bicyclic) bond motifs is 1. The number of aryl methyl sites for hydroxylation is 1. The average Bonchev–Trinajstić information content (AvgIpc) is 2.97. The molecule has 0 saturated heterocycles. The van der Waals surface area contributed by atoms with Crippen LogP contribution >= 0.6 is 11.3 Å². The second kappa shape index (κ2) is 8.22. The van der Waals surface area contributed by atoms with Gasteiger partial charge in [-0.3, -0.25) is 9.78 Å². The van der Waals surface area contributed by atoms with Crippen LogP contribution in [0, 0.1) is 5.82 Å². The van der Waals surface area contributed by atoms with Crippen molar-refractivity contribution in [2.75, 3.05) is 0 Å². The normalized spacial score (nSPS) is 12.7. The summed E-state index contributed by atoms with van der Waals surface area (Å²) in [6.07, 6.45) is -0.635. The zero-order valence-electron chi connectivity index (χ0n) is 15.0. The van der Waals surface area contributed by atoms with E-state index in [1.165, 1.54) is 11.3 Å². The molecule has 1 aromatic carbocycles. The number of hydrogen-bond donors (Lipinski definition) is 0. The summed E-state index contributed by atoms with van der Waals surface area (Å²) in [4.78, 5) is 21.0. The van der Waals surface area contributed by atoms with Gasteiger partial charge < -0.3 is 4.57 Å². The van der Waals surface area contributed by atoms with Gasteiger partial charge in [0.2, 0.25) is 0 Å². The summed E-state index contributed by atoms with van der Waals surface area (Å²) >= 11 is 1.25. The summed E-state index contributed by atoms with van der Waals surface area (Å²) in [7, 11) is 0. The largest absolute Gasteiger partial charge is 0.393 e. The lowest BCUT2D eigenvalue weighted by Gasteiger charge is -2.08. The highest BCUT2D eigenvalue weighted by atomic mass is 32.1. The first-order valence-corrected chi connectivity index (χ1v) is 9.47. The molecule has 0 bridgehead atoms. The van der Waals surface area contributed by atoms with Crippen LogP contribution in [0.15, 0.2) is 41.7 Å². The summed E-state index contributed by atoms with van der Waals surface area (Å²) in [5, 5.41) is 0. The lowest BCUT2D eigenvalue weighted by Crippen LogP contribution is -2.18. The molecule has 3 rings (SSSR count). The first-order chi connectivity index (χ1) is 13.3. The zero-order chi connectivity index (χ0) is 20.3. The number of hydrogen-bond acceptors (Lipinski definition) is 3. The predicted molar refractivity (Wildman–Crippen MR) is 98.6 cm³/mol. The van der Waals surface area contributed by atoms with Gasteiger partial charge in [-0.15, -0.1) is 0 Å². The second-order valence-electron chi connectivity index (χ2n) is 6.26.